The van der Waals surface area contributed by atoms with Crippen molar-refractivity contribution in [3.63, 3.8) is 0 Å². The first-order valence-electron chi connectivity index (χ1n) is 39.2. The van der Waals surface area contributed by atoms with Crippen molar-refractivity contribution in [3.05, 3.63) is 36.5 Å². The first-order valence-corrected chi connectivity index (χ1v) is 42.2. The SMILES string of the molecule is CCCCCC/C=C\CCCCCCCC(=O)O[C@H](COC(=O)CCCCCCC/C=C\CCCCCCCC)COP(=O)(O)OC[C@H](O)COP(=O)(O)OC[C@@H](COC(=O)CCCCCCCCCCCCCCC)OC(=O)CCCCCCC/C=C\CCCCCCCC. The predicted molar refractivity (Wildman–Crippen MR) is 391 cm³/mol. The molecule has 0 aliphatic rings. The van der Waals surface area contributed by atoms with Gasteiger partial charge in [0.1, 0.15) is 19.3 Å². The second-order valence-electron chi connectivity index (χ2n) is 26.7. The molecule has 0 aromatic rings. The zero-order chi connectivity index (χ0) is 70.4. The van der Waals surface area contributed by atoms with Crippen molar-refractivity contribution in [2.45, 2.75) is 393 Å². The first kappa shape index (κ1) is 93.3. The van der Waals surface area contributed by atoms with Crippen molar-refractivity contribution in [2.24, 2.45) is 0 Å². The third-order valence-corrected chi connectivity index (χ3v) is 19.0. The van der Waals surface area contributed by atoms with Crippen LogP contribution >= 0.6 is 15.6 Å². The van der Waals surface area contributed by atoms with E-state index < -0.39 is 97.5 Å². The summed E-state index contributed by atoms with van der Waals surface area (Å²) >= 11 is 0. The second-order valence-corrected chi connectivity index (χ2v) is 29.6. The van der Waals surface area contributed by atoms with Gasteiger partial charge in [-0.3, -0.25) is 37.3 Å². The van der Waals surface area contributed by atoms with Gasteiger partial charge >= 0.3 is 39.5 Å². The molecule has 0 amide bonds. The molecule has 0 spiro atoms. The van der Waals surface area contributed by atoms with Crippen LogP contribution < -0.4 is 0 Å². The summed E-state index contributed by atoms with van der Waals surface area (Å²) in [6.45, 7) is 4.90. The van der Waals surface area contributed by atoms with E-state index >= 15 is 0 Å². The number of esters is 4. The van der Waals surface area contributed by atoms with Crippen molar-refractivity contribution in [3.8, 4) is 0 Å². The van der Waals surface area contributed by atoms with Crippen LogP contribution in [0.1, 0.15) is 374 Å². The molecular weight excluding hydrogens is 1260 g/mol. The number of hydrogen-bond acceptors (Lipinski definition) is 15. The minimum atomic E-state index is -4.97. The van der Waals surface area contributed by atoms with Crippen LogP contribution in [-0.2, 0) is 65.4 Å². The summed E-state index contributed by atoms with van der Waals surface area (Å²) in [6.07, 6.45) is 65.5. The van der Waals surface area contributed by atoms with Crippen LogP contribution in [-0.4, -0.2) is 96.7 Å². The fourth-order valence-electron chi connectivity index (χ4n) is 11.0. The average Bonchev–Trinajstić information content (AvgIpc) is 1.14. The van der Waals surface area contributed by atoms with Gasteiger partial charge in [0.05, 0.1) is 26.4 Å². The van der Waals surface area contributed by atoms with E-state index in [1.54, 1.807) is 0 Å². The van der Waals surface area contributed by atoms with Gasteiger partial charge in [0.2, 0.25) is 0 Å². The third-order valence-electron chi connectivity index (χ3n) is 17.1. The van der Waals surface area contributed by atoms with Gasteiger partial charge in [0, 0.05) is 25.7 Å². The van der Waals surface area contributed by atoms with Gasteiger partial charge in [-0.15, -0.1) is 0 Å². The van der Waals surface area contributed by atoms with Crippen LogP contribution in [0.5, 0.6) is 0 Å². The van der Waals surface area contributed by atoms with Crippen LogP contribution in [0, 0.1) is 0 Å². The fraction of sp³-hybridized carbons (Fsp3) is 0.870. The molecule has 0 aromatic heterocycles. The van der Waals surface area contributed by atoms with Gasteiger partial charge in [-0.05, 0) is 103 Å². The third kappa shape index (κ3) is 69.7. The van der Waals surface area contributed by atoms with Crippen molar-refractivity contribution >= 4 is 39.5 Å². The lowest BCUT2D eigenvalue weighted by atomic mass is 10.0. The fourth-order valence-corrected chi connectivity index (χ4v) is 12.6. The molecule has 0 aliphatic heterocycles. The maximum atomic E-state index is 13.1. The zero-order valence-electron chi connectivity index (χ0n) is 61.6. The molecule has 5 atom stereocenters. The molecule has 3 N–H and O–H groups in total. The molecule has 0 aromatic carbocycles. The van der Waals surface area contributed by atoms with Crippen molar-refractivity contribution in [2.75, 3.05) is 39.6 Å². The van der Waals surface area contributed by atoms with E-state index in [-0.39, 0.29) is 25.7 Å². The van der Waals surface area contributed by atoms with E-state index in [0.29, 0.717) is 25.7 Å². The Hall–Kier alpha value is -2.72. The Morgan fingerprint density at radius 3 is 0.729 bits per heavy atom. The van der Waals surface area contributed by atoms with Crippen molar-refractivity contribution in [1.82, 2.24) is 0 Å². The van der Waals surface area contributed by atoms with E-state index in [1.165, 1.54) is 161 Å². The summed E-state index contributed by atoms with van der Waals surface area (Å²) in [5, 5.41) is 10.6. The number of rotatable bonds is 75. The van der Waals surface area contributed by atoms with Gasteiger partial charge in [-0.25, -0.2) is 9.13 Å². The smallest absolute Gasteiger partial charge is 0.462 e. The first-order chi connectivity index (χ1) is 46.7. The molecule has 17 nitrogen and oxygen atoms in total. The Bertz CT molecular complexity index is 1970. The summed E-state index contributed by atoms with van der Waals surface area (Å²) < 4.78 is 68.5. The lowest BCUT2D eigenvalue weighted by Crippen LogP contribution is -2.30. The van der Waals surface area contributed by atoms with Gasteiger partial charge in [-0.1, -0.05) is 282 Å². The number of ether oxygens (including phenoxy) is 4. The minimum absolute atomic E-state index is 0.0892. The Morgan fingerprint density at radius 1 is 0.281 bits per heavy atom. The Labute approximate surface area is 585 Å². The molecule has 0 radical (unpaired) electrons. The van der Waals surface area contributed by atoms with Crippen LogP contribution in [0.3, 0.4) is 0 Å². The van der Waals surface area contributed by atoms with Gasteiger partial charge in [0.15, 0.2) is 12.2 Å². The van der Waals surface area contributed by atoms with Crippen molar-refractivity contribution < 1.29 is 80.2 Å². The monoisotopic (exact) mass is 1400 g/mol. The number of allylic oxidation sites excluding steroid dienone is 6. The van der Waals surface area contributed by atoms with E-state index in [9.17, 15) is 43.2 Å². The molecule has 0 aliphatic carbocycles. The molecule has 0 saturated heterocycles. The van der Waals surface area contributed by atoms with Gasteiger partial charge < -0.3 is 33.8 Å². The number of phosphoric acid groups is 2. The van der Waals surface area contributed by atoms with Crippen LogP contribution in [0.15, 0.2) is 36.5 Å². The number of aliphatic hydroxyl groups is 1. The van der Waals surface area contributed by atoms with E-state index in [4.69, 9.17) is 37.0 Å². The number of carbonyl (C=O) groups is 4. The number of unbranched alkanes of at least 4 members (excludes halogenated alkanes) is 43. The standard InChI is InChI=1S/C77H144O17P2/c1-5-9-13-17-21-25-29-33-35-39-42-46-50-54-58-62-75(80)88-68-72(93-76(81)63-59-55-51-47-43-38-32-28-24-20-16-12-8-4)69-91-95(83,84)89-65-71(78)66-90-96(85,86)92-70-73(67-87-74(79)61-57-53-49-45-41-37-31-27-23-19-15-11-7-3)94-77(82)64-60-56-52-48-44-40-36-34-30-26-22-18-14-10-6-2/h28,32-36,71-73,78H,5-27,29-31,37-70H2,1-4H3,(H,83,84)(H,85,86)/b32-28-,35-33-,36-34-/t71-,72+,73+/m0/s1. The Balaban J connectivity index is 5.31. The minimum Gasteiger partial charge on any atom is -0.462 e. The predicted octanol–water partition coefficient (Wildman–Crippen LogP) is 22.3. The molecule has 0 fully saturated rings. The van der Waals surface area contributed by atoms with E-state index in [2.05, 4.69) is 64.2 Å². The van der Waals surface area contributed by atoms with Gasteiger partial charge in [0.25, 0.3) is 0 Å². The normalized spacial score (nSPS) is 14.1. The van der Waals surface area contributed by atoms with E-state index in [0.717, 1.165) is 135 Å². The van der Waals surface area contributed by atoms with E-state index in [1.807, 2.05) is 0 Å². The highest BCUT2D eigenvalue weighted by molar-refractivity contribution is 7.47. The Kier molecular flexibility index (Phi) is 68.7. The molecule has 96 heavy (non-hydrogen) atoms. The topological polar surface area (TPSA) is 237 Å². The number of phosphoric ester groups is 2. The molecule has 0 bridgehead atoms. The summed E-state index contributed by atoms with van der Waals surface area (Å²) in [6, 6.07) is 0. The Morgan fingerprint density at radius 2 is 0.479 bits per heavy atom. The molecule has 19 heteroatoms. The number of hydrogen-bond donors (Lipinski definition) is 3. The van der Waals surface area contributed by atoms with Crippen LogP contribution in [0.25, 0.3) is 0 Å². The lowest BCUT2D eigenvalue weighted by molar-refractivity contribution is -0.161. The number of carbonyl (C=O) groups excluding carboxylic acids is 4. The molecule has 564 valence electrons. The molecular formula is C77H144O17P2. The quantitative estimate of drug-likeness (QED) is 0.0169. The van der Waals surface area contributed by atoms with Crippen LogP contribution in [0.2, 0.25) is 0 Å². The number of aliphatic hydroxyl groups excluding tert-OH is 1. The highest BCUT2D eigenvalue weighted by atomic mass is 31.2. The lowest BCUT2D eigenvalue weighted by Gasteiger charge is -2.21. The molecule has 0 heterocycles. The average molecular weight is 1400 g/mol. The van der Waals surface area contributed by atoms with Gasteiger partial charge in [-0.2, -0.15) is 0 Å². The zero-order valence-corrected chi connectivity index (χ0v) is 63.4. The largest absolute Gasteiger partial charge is 0.472 e. The molecule has 0 saturated carbocycles. The molecule has 2 unspecified atom stereocenters. The highest BCUT2D eigenvalue weighted by Crippen LogP contribution is 2.45. The van der Waals surface area contributed by atoms with Crippen molar-refractivity contribution in [1.29, 1.82) is 0 Å². The maximum Gasteiger partial charge on any atom is 0.472 e. The maximum absolute atomic E-state index is 13.1. The highest BCUT2D eigenvalue weighted by Gasteiger charge is 2.30. The summed E-state index contributed by atoms with van der Waals surface area (Å²) in [7, 11) is -9.93. The summed E-state index contributed by atoms with van der Waals surface area (Å²) in [5.41, 5.74) is 0. The molecule has 0 rings (SSSR count). The second kappa shape index (κ2) is 70.7. The summed E-state index contributed by atoms with van der Waals surface area (Å²) in [5.74, 6) is -2.16. The van der Waals surface area contributed by atoms with Crippen LogP contribution in [0.4, 0.5) is 0 Å². The summed E-state index contributed by atoms with van der Waals surface area (Å²) in [4.78, 5) is 72.8.